The molecule has 0 aliphatic rings. The zero-order chi connectivity index (χ0) is 18.1. The first-order valence-electron chi connectivity index (χ1n) is 8.37. The molecule has 1 amide bonds. The van der Waals surface area contributed by atoms with Gasteiger partial charge in [-0.15, -0.1) is 0 Å². The predicted octanol–water partition coefficient (Wildman–Crippen LogP) is 3.87. The Balaban J connectivity index is 1.91. The molecule has 1 N–H and O–H groups in total. The van der Waals surface area contributed by atoms with E-state index in [-0.39, 0.29) is 18.3 Å². The minimum Gasteiger partial charge on any atom is -0.493 e. The molecule has 25 heavy (non-hydrogen) atoms. The molecular formula is C20H24FNO3. The molecule has 0 saturated carbocycles. The average Bonchev–Trinajstić information content (AvgIpc) is 2.63. The number of amides is 1. The van der Waals surface area contributed by atoms with Crippen LogP contribution in [0.2, 0.25) is 0 Å². The maximum absolute atomic E-state index is 13.2. The molecule has 0 atom stereocenters. The Morgan fingerprint density at radius 1 is 1.08 bits per heavy atom. The van der Waals surface area contributed by atoms with Crippen molar-refractivity contribution in [3.05, 3.63) is 59.4 Å². The van der Waals surface area contributed by atoms with E-state index >= 15 is 0 Å². The SMILES string of the molecule is CNC(=O)CCCCc1ccc(OCc2cccc(F)c2)c(OC)c1. The zero-order valence-electron chi connectivity index (χ0n) is 14.7. The van der Waals surface area contributed by atoms with Crippen LogP contribution in [0.1, 0.15) is 30.4 Å². The molecule has 0 aromatic heterocycles. The minimum atomic E-state index is -0.278. The summed E-state index contributed by atoms with van der Waals surface area (Å²) in [6.07, 6.45) is 3.19. The number of methoxy groups -OCH3 is 1. The number of rotatable bonds is 9. The van der Waals surface area contributed by atoms with Gasteiger partial charge in [0, 0.05) is 13.5 Å². The number of hydrogen-bond donors (Lipinski definition) is 1. The number of hydrogen-bond acceptors (Lipinski definition) is 3. The van der Waals surface area contributed by atoms with Crippen LogP contribution >= 0.6 is 0 Å². The molecule has 0 saturated heterocycles. The molecule has 0 unspecified atom stereocenters. The number of aryl methyl sites for hydroxylation is 1. The number of unbranched alkanes of at least 4 members (excludes halogenated alkanes) is 1. The number of nitrogens with one attached hydrogen (secondary N) is 1. The second-order valence-electron chi connectivity index (χ2n) is 5.78. The molecule has 2 aromatic rings. The Kier molecular flexibility index (Phi) is 7.26. The van der Waals surface area contributed by atoms with Crippen molar-refractivity contribution in [2.75, 3.05) is 14.2 Å². The standard InChI is InChI=1S/C20H24FNO3/c1-22-20(23)9-4-3-6-15-10-11-18(19(13-15)24-2)25-14-16-7-5-8-17(21)12-16/h5,7-8,10-13H,3-4,6,9,14H2,1-2H3,(H,22,23). The van der Waals surface area contributed by atoms with Crippen molar-refractivity contribution in [3.8, 4) is 11.5 Å². The normalized spacial score (nSPS) is 10.4. The van der Waals surface area contributed by atoms with Gasteiger partial charge < -0.3 is 14.8 Å². The zero-order valence-corrected chi connectivity index (χ0v) is 14.7. The third kappa shape index (κ3) is 6.10. The number of benzene rings is 2. The minimum absolute atomic E-state index is 0.0682. The van der Waals surface area contributed by atoms with E-state index < -0.39 is 0 Å². The van der Waals surface area contributed by atoms with Crippen LogP contribution in [0.4, 0.5) is 4.39 Å². The summed E-state index contributed by atoms with van der Waals surface area (Å²) in [5.41, 5.74) is 1.90. The lowest BCUT2D eigenvalue weighted by molar-refractivity contribution is -0.120. The molecule has 0 spiro atoms. The largest absolute Gasteiger partial charge is 0.493 e. The van der Waals surface area contributed by atoms with Crippen LogP contribution in [-0.2, 0) is 17.8 Å². The first-order valence-corrected chi connectivity index (χ1v) is 8.37. The highest BCUT2D eigenvalue weighted by molar-refractivity contribution is 5.75. The molecule has 0 radical (unpaired) electrons. The molecular weight excluding hydrogens is 321 g/mol. The van der Waals surface area contributed by atoms with Crippen molar-refractivity contribution in [3.63, 3.8) is 0 Å². The fourth-order valence-corrected chi connectivity index (χ4v) is 2.51. The van der Waals surface area contributed by atoms with Gasteiger partial charge in [-0.1, -0.05) is 18.2 Å². The predicted molar refractivity (Wildman–Crippen MR) is 95.3 cm³/mol. The van der Waals surface area contributed by atoms with Crippen molar-refractivity contribution < 1.29 is 18.7 Å². The van der Waals surface area contributed by atoms with E-state index in [1.165, 1.54) is 12.1 Å². The summed E-state index contributed by atoms with van der Waals surface area (Å²) in [6, 6.07) is 12.1. The second kappa shape index (κ2) is 9.67. The van der Waals surface area contributed by atoms with E-state index in [4.69, 9.17) is 9.47 Å². The fraction of sp³-hybridized carbons (Fsp3) is 0.350. The van der Waals surface area contributed by atoms with E-state index in [1.54, 1.807) is 20.2 Å². The highest BCUT2D eigenvalue weighted by atomic mass is 19.1. The van der Waals surface area contributed by atoms with Gasteiger partial charge in [-0.3, -0.25) is 4.79 Å². The van der Waals surface area contributed by atoms with Gasteiger partial charge in [0.05, 0.1) is 7.11 Å². The van der Waals surface area contributed by atoms with Crippen LogP contribution in [0.25, 0.3) is 0 Å². The molecule has 0 fully saturated rings. The Labute approximate surface area is 148 Å². The first-order chi connectivity index (χ1) is 12.1. The molecule has 0 heterocycles. The lowest BCUT2D eigenvalue weighted by Gasteiger charge is -2.12. The maximum Gasteiger partial charge on any atom is 0.219 e. The van der Waals surface area contributed by atoms with Crippen LogP contribution in [0, 0.1) is 5.82 Å². The van der Waals surface area contributed by atoms with Crippen molar-refractivity contribution in [1.82, 2.24) is 5.32 Å². The van der Waals surface area contributed by atoms with Crippen molar-refractivity contribution in [1.29, 1.82) is 0 Å². The van der Waals surface area contributed by atoms with Gasteiger partial charge in [-0.2, -0.15) is 0 Å². The Morgan fingerprint density at radius 2 is 1.92 bits per heavy atom. The van der Waals surface area contributed by atoms with E-state index in [1.807, 2.05) is 24.3 Å². The molecule has 2 aromatic carbocycles. The molecule has 0 bridgehead atoms. The summed E-state index contributed by atoms with van der Waals surface area (Å²) in [5.74, 6) is 1.07. The van der Waals surface area contributed by atoms with Crippen LogP contribution in [0.5, 0.6) is 11.5 Å². The number of carbonyl (C=O) groups excluding carboxylic acids is 1. The number of ether oxygens (including phenoxy) is 2. The molecule has 0 aliphatic carbocycles. The molecule has 4 nitrogen and oxygen atoms in total. The fourth-order valence-electron chi connectivity index (χ4n) is 2.51. The van der Waals surface area contributed by atoms with Crippen LogP contribution in [0.3, 0.4) is 0 Å². The van der Waals surface area contributed by atoms with E-state index in [0.29, 0.717) is 17.9 Å². The lowest BCUT2D eigenvalue weighted by atomic mass is 10.1. The summed E-state index contributed by atoms with van der Waals surface area (Å²) in [7, 11) is 3.25. The number of carbonyl (C=O) groups is 1. The quantitative estimate of drug-likeness (QED) is 0.702. The first kappa shape index (κ1) is 18.8. The van der Waals surface area contributed by atoms with Gasteiger partial charge in [0.2, 0.25) is 5.91 Å². The van der Waals surface area contributed by atoms with Crippen molar-refractivity contribution in [2.45, 2.75) is 32.3 Å². The third-order valence-corrected chi connectivity index (χ3v) is 3.91. The maximum atomic E-state index is 13.2. The van der Waals surface area contributed by atoms with Gasteiger partial charge in [0.1, 0.15) is 12.4 Å². The molecule has 2 rings (SSSR count). The average molecular weight is 345 g/mol. The van der Waals surface area contributed by atoms with Crippen LogP contribution in [0.15, 0.2) is 42.5 Å². The van der Waals surface area contributed by atoms with Crippen LogP contribution in [-0.4, -0.2) is 20.1 Å². The summed E-state index contributed by atoms with van der Waals surface area (Å²) >= 11 is 0. The van der Waals surface area contributed by atoms with Gasteiger partial charge in [0.25, 0.3) is 0 Å². The third-order valence-electron chi connectivity index (χ3n) is 3.91. The highest BCUT2D eigenvalue weighted by Gasteiger charge is 2.07. The smallest absolute Gasteiger partial charge is 0.219 e. The summed E-state index contributed by atoms with van der Waals surface area (Å²) in [4.78, 5) is 11.2. The van der Waals surface area contributed by atoms with Gasteiger partial charge >= 0.3 is 0 Å². The molecule has 134 valence electrons. The summed E-state index contributed by atoms with van der Waals surface area (Å²) in [5, 5.41) is 2.62. The van der Waals surface area contributed by atoms with Gasteiger partial charge in [0.15, 0.2) is 11.5 Å². The van der Waals surface area contributed by atoms with Crippen molar-refractivity contribution in [2.24, 2.45) is 0 Å². The van der Waals surface area contributed by atoms with E-state index in [0.717, 1.165) is 30.4 Å². The van der Waals surface area contributed by atoms with Crippen molar-refractivity contribution >= 4 is 5.91 Å². The lowest BCUT2D eigenvalue weighted by Crippen LogP contribution is -2.16. The molecule has 5 heteroatoms. The summed E-state index contributed by atoms with van der Waals surface area (Å²) < 4.78 is 24.4. The van der Waals surface area contributed by atoms with E-state index in [2.05, 4.69) is 5.32 Å². The highest BCUT2D eigenvalue weighted by Crippen LogP contribution is 2.29. The summed E-state index contributed by atoms with van der Waals surface area (Å²) in [6.45, 7) is 0.277. The topological polar surface area (TPSA) is 47.6 Å². The van der Waals surface area contributed by atoms with E-state index in [9.17, 15) is 9.18 Å². The Hall–Kier alpha value is -2.56. The monoisotopic (exact) mass is 345 g/mol. The van der Waals surface area contributed by atoms with Gasteiger partial charge in [-0.05, 0) is 54.7 Å². The second-order valence-corrected chi connectivity index (χ2v) is 5.78. The Bertz CT molecular complexity index is 703. The number of halogens is 1. The molecule has 0 aliphatic heterocycles. The van der Waals surface area contributed by atoms with Gasteiger partial charge in [-0.25, -0.2) is 4.39 Å². The van der Waals surface area contributed by atoms with Crippen LogP contribution < -0.4 is 14.8 Å². The Morgan fingerprint density at radius 3 is 2.64 bits per heavy atom.